The molecule has 0 saturated carbocycles. The zero-order chi connectivity index (χ0) is 34.8. The summed E-state index contributed by atoms with van der Waals surface area (Å²) >= 11 is 15.7. The molecule has 2 amide bonds. The fourth-order valence-corrected chi connectivity index (χ4v) is 5.57. The molecule has 1 heterocycles. The van der Waals surface area contributed by atoms with Gasteiger partial charge in [-0.15, -0.1) is 0 Å². The number of halogens is 3. The lowest BCUT2D eigenvalue weighted by atomic mass is 9.95. The molecule has 2 atom stereocenters. The standard InChI is InChI=1S/C33H35BrCl2N4O8/c1-5-45-26-14-21(30-29(32(42)44-4)18(3)38-33(43)39-30)8-10-25(26)47-17-28(41)40-37-15-20-11-22(34)31(27(13-20)46-6-2)48-16-19-7-9-23(35)24(36)12-19/h7-15,28,30,40-41H,5-6,16-17H2,1-4H3,(H2,38,39,43)/b37-15+/t28-,30-/m1/s1. The van der Waals surface area contributed by atoms with Crippen LogP contribution in [0, 0.1) is 0 Å². The van der Waals surface area contributed by atoms with Crippen molar-refractivity contribution in [2.24, 2.45) is 5.10 Å². The third-order valence-corrected chi connectivity index (χ3v) is 8.14. The van der Waals surface area contributed by atoms with E-state index < -0.39 is 24.3 Å². The number of nitrogens with zero attached hydrogens (tertiary/aromatic N) is 1. The summed E-state index contributed by atoms with van der Waals surface area (Å²) in [5, 5.41) is 20.9. The Labute approximate surface area is 296 Å². The largest absolute Gasteiger partial charge is 0.490 e. The SMILES string of the molecule is CCOc1cc([C@H]2NC(=O)NC(C)=C2C(=O)OC)ccc1OC[C@@H](O)N/N=C/c1cc(Br)c(OCc2ccc(Cl)c(Cl)c2)c(OCC)c1. The second-order valence-electron chi connectivity index (χ2n) is 10.2. The van der Waals surface area contributed by atoms with Crippen LogP contribution < -0.4 is 35.0 Å². The second-order valence-corrected chi connectivity index (χ2v) is 11.9. The lowest BCUT2D eigenvalue weighted by molar-refractivity contribution is -0.136. The lowest BCUT2D eigenvalue weighted by Crippen LogP contribution is -2.45. The molecular formula is C33H35BrCl2N4O8. The van der Waals surface area contributed by atoms with Gasteiger partial charge in [-0.2, -0.15) is 5.10 Å². The van der Waals surface area contributed by atoms with Gasteiger partial charge in [-0.25, -0.2) is 9.59 Å². The number of urea groups is 1. The van der Waals surface area contributed by atoms with Gasteiger partial charge in [-0.1, -0.05) is 35.3 Å². The highest BCUT2D eigenvalue weighted by atomic mass is 79.9. The number of hydrogen-bond acceptors (Lipinski definition) is 10. The van der Waals surface area contributed by atoms with Crippen LogP contribution >= 0.6 is 39.1 Å². The van der Waals surface area contributed by atoms with Crippen LogP contribution in [0.3, 0.4) is 0 Å². The first kappa shape index (κ1) is 36.7. The molecule has 12 nitrogen and oxygen atoms in total. The molecule has 256 valence electrons. The first-order valence-electron chi connectivity index (χ1n) is 14.8. The van der Waals surface area contributed by atoms with E-state index in [-0.39, 0.29) is 18.8 Å². The lowest BCUT2D eigenvalue weighted by Gasteiger charge is -2.28. The van der Waals surface area contributed by atoms with Gasteiger partial charge >= 0.3 is 12.0 Å². The average Bonchev–Trinajstić information content (AvgIpc) is 3.05. The number of ether oxygens (including phenoxy) is 5. The Morgan fingerprint density at radius 1 is 1.02 bits per heavy atom. The number of esters is 1. The molecule has 3 aromatic rings. The van der Waals surface area contributed by atoms with E-state index in [1.54, 1.807) is 56.3 Å². The Bertz CT molecular complexity index is 1700. The van der Waals surface area contributed by atoms with Gasteiger partial charge in [0.25, 0.3) is 0 Å². The minimum atomic E-state index is -1.18. The molecule has 0 aromatic heterocycles. The molecule has 15 heteroatoms. The highest BCUT2D eigenvalue weighted by molar-refractivity contribution is 9.10. The number of hydrazone groups is 1. The maximum atomic E-state index is 12.5. The number of hydrogen-bond donors (Lipinski definition) is 4. The minimum Gasteiger partial charge on any atom is -0.490 e. The summed E-state index contributed by atoms with van der Waals surface area (Å²) in [5.74, 6) is 1.12. The number of carbonyl (C=O) groups is 2. The molecule has 3 aromatic carbocycles. The number of methoxy groups -OCH3 is 1. The van der Waals surface area contributed by atoms with Crippen LogP contribution in [0.1, 0.15) is 43.5 Å². The summed E-state index contributed by atoms with van der Waals surface area (Å²) in [4.78, 5) is 24.7. The Morgan fingerprint density at radius 2 is 1.77 bits per heavy atom. The van der Waals surface area contributed by atoms with E-state index in [9.17, 15) is 14.7 Å². The van der Waals surface area contributed by atoms with E-state index >= 15 is 0 Å². The van der Waals surface area contributed by atoms with Crippen LogP contribution in [0.15, 0.2) is 69.4 Å². The molecule has 48 heavy (non-hydrogen) atoms. The Kier molecular flexibility index (Phi) is 13.2. The number of aliphatic hydroxyl groups excluding tert-OH is 1. The topological polar surface area (TPSA) is 149 Å². The van der Waals surface area contributed by atoms with Crippen LogP contribution in [-0.4, -0.2) is 56.5 Å². The van der Waals surface area contributed by atoms with Gasteiger partial charge in [0, 0.05) is 5.70 Å². The van der Waals surface area contributed by atoms with Crippen LogP contribution in [-0.2, 0) is 16.1 Å². The Hall–Kier alpha value is -4.17. The molecular weight excluding hydrogens is 731 g/mol. The van der Waals surface area contributed by atoms with Gasteiger partial charge in [-0.05, 0) is 89.8 Å². The fourth-order valence-electron chi connectivity index (χ4n) is 4.67. The molecule has 0 spiro atoms. The van der Waals surface area contributed by atoms with Crippen molar-refractivity contribution in [2.45, 2.75) is 39.6 Å². The highest BCUT2D eigenvalue weighted by Gasteiger charge is 2.32. The number of allylic oxidation sites excluding steroid dienone is 1. The summed E-state index contributed by atoms with van der Waals surface area (Å²) in [6.07, 6.45) is 0.334. The van der Waals surface area contributed by atoms with E-state index in [0.29, 0.717) is 67.6 Å². The van der Waals surface area contributed by atoms with Crippen molar-refractivity contribution in [1.82, 2.24) is 16.1 Å². The predicted octanol–water partition coefficient (Wildman–Crippen LogP) is 6.25. The van der Waals surface area contributed by atoms with Crippen molar-refractivity contribution in [3.05, 3.63) is 91.0 Å². The van der Waals surface area contributed by atoms with Crippen molar-refractivity contribution in [3.8, 4) is 23.0 Å². The van der Waals surface area contributed by atoms with Crippen LogP contribution in [0.5, 0.6) is 23.0 Å². The summed E-state index contributed by atoms with van der Waals surface area (Å²) in [6.45, 7) is 6.08. The summed E-state index contributed by atoms with van der Waals surface area (Å²) < 4.78 is 29.0. The molecule has 1 aliphatic heterocycles. The van der Waals surface area contributed by atoms with Gasteiger partial charge in [0.1, 0.15) is 13.2 Å². The molecule has 0 unspecified atom stereocenters. The molecule has 0 bridgehead atoms. The van der Waals surface area contributed by atoms with Crippen molar-refractivity contribution in [2.75, 3.05) is 26.9 Å². The number of amides is 2. The van der Waals surface area contributed by atoms with E-state index in [0.717, 1.165) is 5.56 Å². The van der Waals surface area contributed by atoms with Crippen molar-refractivity contribution < 1.29 is 38.4 Å². The van der Waals surface area contributed by atoms with E-state index in [1.165, 1.54) is 13.3 Å². The van der Waals surface area contributed by atoms with E-state index in [2.05, 4.69) is 37.1 Å². The van der Waals surface area contributed by atoms with Gasteiger partial charge in [-0.3, -0.25) is 5.43 Å². The van der Waals surface area contributed by atoms with Crippen molar-refractivity contribution in [1.29, 1.82) is 0 Å². The zero-order valence-corrected chi connectivity index (χ0v) is 29.7. The number of nitrogens with one attached hydrogen (secondary N) is 3. The first-order valence-corrected chi connectivity index (χ1v) is 16.3. The number of carbonyl (C=O) groups excluding carboxylic acids is 2. The third kappa shape index (κ3) is 9.47. The molecule has 0 saturated heterocycles. The average molecular weight is 766 g/mol. The highest BCUT2D eigenvalue weighted by Crippen LogP contribution is 2.38. The maximum Gasteiger partial charge on any atom is 0.337 e. The molecule has 0 radical (unpaired) electrons. The molecule has 4 rings (SSSR count). The number of rotatable bonds is 15. The van der Waals surface area contributed by atoms with Gasteiger partial charge in [0.05, 0.1) is 52.7 Å². The van der Waals surface area contributed by atoms with Crippen molar-refractivity contribution in [3.63, 3.8) is 0 Å². The fraction of sp³-hybridized carbons (Fsp3) is 0.303. The predicted molar refractivity (Wildman–Crippen MR) is 185 cm³/mol. The van der Waals surface area contributed by atoms with Crippen molar-refractivity contribution >= 4 is 57.3 Å². The third-order valence-electron chi connectivity index (χ3n) is 6.81. The summed E-state index contributed by atoms with van der Waals surface area (Å²) in [6, 6.07) is 12.6. The molecule has 4 N–H and O–H groups in total. The number of aliphatic hydroxyl groups is 1. The quantitative estimate of drug-likeness (QED) is 0.0610. The zero-order valence-electron chi connectivity index (χ0n) is 26.6. The van der Waals surface area contributed by atoms with Gasteiger partial charge in [0.15, 0.2) is 29.2 Å². The van der Waals surface area contributed by atoms with Crippen LogP contribution in [0.4, 0.5) is 4.79 Å². The first-order chi connectivity index (χ1) is 23.0. The van der Waals surface area contributed by atoms with Crippen LogP contribution in [0.25, 0.3) is 0 Å². The molecule has 0 fully saturated rings. The Balaban J connectivity index is 1.40. The van der Waals surface area contributed by atoms with E-state index in [1.807, 2.05) is 13.0 Å². The minimum absolute atomic E-state index is 0.178. The number of benzene rings is 3. The van der Waals surface area contributed by atoms with Gasteiger partial charge in [0.2, 0.25) is 0 Å². The second kappa shape index (κ2) is 17.3. The normalized spacial score (nSPS) is 15.0. The Morgan fingerprint density at radius 3 is 2.48 bits per heavy atom. The molecule has 0 aliphatic carbocycles. The van der Waals surface area contributed by atoms with E-state index in [4.69, 9.17) is 46.9 Å². The monoisotopic (exact) mass is 764 g/mol. The molecule has 1 aliphatic rings. The summed E-state index contributed by atoms with van der Waals surface area (Å²) in [5.41, 5.74) is 5.36. The van der Waals surface area contributed by atoms with Crippen LogP contribution in [0.2, 0.25) is 10.0 Å². The summed E-state index contributed by atoms with van der Waals surface area (Å²) in [7, 11) is 1.27. The smallest absolute Gasteiger partial charge is 0.337 e. The van der Waals surface area contributed by atoms with Gasteiger partial charge < -0.3 is 39.4 Å². The maximum absolute atomic E-state index is 12.5.